The maximum atomic E-state index is 12.8. The Labute approximate surface area is 108 Å². The van der Waals surface area contributed by atoms with Gasteiger partial charge < -0.3 is 11.1 Å². The molecule has 0 saturated carbocycles. The van der Waals surface area contributed by atoms with Crippen LogP contribution in [0.1, 0.15) is 20.3 Å². The molecule has 0 bridgehead atoms. The highest BCUT2D eigenvalue weighted by atomic mass is 32.2. The van der Waals surface area contributed by atoms with E-state index in [1.165, 1.54) is 12.1 Å². The summed E-state index contributed by atoms with van der Waals surface area (Å²) in [5, 5.41) is 1.94. The number of halogens is 1. The van der Waals surface area contributed by atoms with E-state index >= 15 is 0 Å². The molecule has 0 saturated heterocycles. The second-order valence-corrected chi connectivity index (χ2v) is 5.82. The van der Waals surface area contributed by atoms with E-state index in [1.54, 1.807) is 6.92 Å². The molecule has 3 N–H and O–H groups in total. The van der Waals surface area contributed by atoms with Crippen LogP contribution in [0.4, 0.5) is 15.8 Å². The molecule has 4 nitrogen and oxygen atoms in total. The van der Waals surface area contributed by atoms with E-state index in [4.69, 9.17) is 5.73 Å². The van der Waals surface area contributed by atoms with Gasteiger partial charge in [-0.3, -0.25) is 9.00 Å². The molecule has 1 rings (SSSR count). The lowest BCUT2D eigenvalue weighted by atomic mass is 10.2. The number of amides is 1. The number of anilines is 2. The van der Waals surface area contributed by atoms with Crippen molar-refractivity contribution in [2.24, 2.45) is 0 Å². The largest absolute Gasteiger partial charge is 0.397 e. The molecule has 1 amide bonds. The molecule has 0 aliphatic heterocycles. The number of nitrogens with one attached hydrogen (secondary N) is 1. The van der Waals surface area contributed by atoms with Crippen molar-refractivity contribution in [2.75, 3.05) is 16.8 Å². The van der Waals surface area contributed by atoms with E-state index < -0.39 is 21.9 Å². The molecule has 0 spiro atoms. The molecule has 2 unspecified atom stereocenters. The number of carbonyl (C=O) groups excluding carboxylic acids is 1. The van der Waals surface area contributed by atoms with Crippen molar-refractivity contribution < 1.29 is 13.4 Å². The molecule has 0 aliphatic carbocycles. The van der Waals surface area contributed by atoms with Gasteiger partial charge in [-0.15, -0.1) is 0 Å². The highest BCUT2D eigenvalue weighted by Crippen LogP contribution is 2.19. The number of nitrogens with two attached hydrogens (primary N) is 1. The predicted molar refractivity (Wildman–Crippen MR) is 72.2 cm³/mol. The van der Waals surface area contributed by atoms with Gasteiger partial charge in [0.15, 0.2) is 0 Å². The quantitative estimate of drug-likeness (QED) is 0.804. The zero-order valence-electron chi connectivity index (χ0n) is 10.4. The lowest BCUT2D eigenvalue weighted by molar-refractivity contribution is -0.115. The van der Waals surface area contributed by atoms with E-state index in [0.29, 0.717) is 11.4 Å². The van der Waals surface area contributed by atoms with Crippen LogP contribution in [0.5, 0.6) is 0 Å². The van der Waals surface area contributed by atoms with Gasteiger partial charge in [0.25, 0.3) is 0 Å². The minimum absolute atomic E-state index is 0.150. The van der Waals surface area contributed by atoms with Crippen molar-refractivity contribution in [2.45, 2.75) is 25.5 Å². The van der Waals surface area contributed by atoms with Gasteiger partial charge in [0.1, 0.15) is 11.1 Å². The number of hydrogen-bond acceptors (Lipinski definition) is 3. The van der Waals surface area contributed by atoms with Crippen molar-refractivity contribution in [3.8, 4) is 0 Å². The fourth-order valence-corrected chi connectivity index (χ4v) is 2.43. The molecular formula is C12H17FN2O2S. The maximum absolute atomic E-state index is 12.8. The second kappa shape index (κ2) is 6.49. The van der Waals surface area contributed by atoms with Crippen LogP contribution in [0.25, 0.3) is 0 Å². The number of hydrogen-bond donors (Lipinski definition) is 2. The molecule has 100 valence electrons. The molecule has 1 aromatic carbocycles. The van der Waals surface area contributed by atoms with Crippen LogP contribution in [-0.4, -0.2) is 21.1 Å². The molecule has 0 radical (unpaired) electrons. The number of rotatable bonds is 5. The summed E-state index contributed by atoms with van der Waals surface area (Å²) in [6.45, 7) is 3.50. The van der Waals surface area contributed by atoms with E-state index in [9.17, 15) is 13.4 Å². The van der Waals surface area contributed by atoms with Gasteiger partial charge in [-0.25, -0.2) is 4.39 Å². The van der Waals surface area contributed by atoms with Gasteiger partial charge >= 0.3 is 0 Å². The topological polar surface area (TPSA) is 72.2 Å². The third kappa shape index (κ3) is 3.80. The fourth-order valence-electron chi connectivity index (χ4n) is 1.38. The number of carbonyl (C=O) groups is 1. The summed E-state index contributed by atoms with van der Waals surface area (Å²) >= 11 is 0. The first-order chi connectivity index (χ1) is 8.45. The summed E-state index contributed by atoms with van der Waals surface area (Å²) in [6, 6.07) is 3.72. The van der Waals surface area contributed by atoms with Gasteiger partial charge in [0.05, 0.1) is 11.4 Å². The highest BCUT2D eigenvalue weighted by molar-refractivity contribution is 7.86. The number of benzene rings is 1. The first kappa shape index (κ1) is 14.6. The van der Waals surface area contributed by atoms with Crippen LogP contribution in [0.3, 0.4) is 0 Å². The van der Waals surface area contributed by atoms with Gasteiger partial charge in [0, 0.05) is 16.6 Å². The highest BCUT2D eigenvalue weighted by Gasteiger charge is 2.19. The zero-order valence-corrected chi connectivity index (χ0v) is 11.2. The van der Waals surface area contributed by atoms with Gasteiger partial charge in [-0.2, -0.15) is 0 Å². The summed E-state index contributed by atoms with van der Waals surface area (Å²) in [6.07, 6.45) is 0.753. The zero-order chi connectivity index (χ0) is 13.7. The molecule has 0 aromatic heterocycles. The van der Waals surface area contributed by atoms with Crippen LogP contribution in [0.15, 0.2) is 18.2 Å². The molecule has 0 heterocycles. The first-order valence-corrected chi connectivity index (χ1v) is 7.07. The molecule has 1 aromatic rings. The molecule has 18 heavy (non-hydrogen) atoms. The van der Waals surface area contributed by atoms with Crippen LogP contribution in [0.2, 0.25) is 0 Å². The SMILES string of the molecule is CCCS(=O)C(C)C(=O)Nc1ccc(F)cc1N. The molecule has 2 atom stereocenters. The summed E-state index contributed by atoms with van der Waals surface area (Å²) in [7, 11) is -1.21. The maximum Gasteiger partial charge on any atom is 0.239 e. The summed E-state index contributed by atoms with van der Waals surface area (Å²) in [4.78, 5) is 11.8. The van der Waals surface area contributed by atoms with E-state index in [0.717, 1.165) is 12.5 Å². The second-order valence-electron chi connectivity index (χ2n) is 3.95. The molecule has 0 aliphatic rings. The van der Waals surface area contributed by atoms with Crippen molar-refractivity contribution in [3.63, 3.8) is 0 Å². The van der Waals surface area contributed by atoms with Crippen molar-refractivity contribution >= 4 is 28.1 Å². The monoisotopic (exact) mass is 272 g/mol. The smallest absolute Gasteiger partial charge is 0.239 e. The summed E-state index contributed by atoms with van der Waals surface area (Å²) in [5.41, 5.74) is 6.06. The number of nitrogen functional groups attached to an aromatic ring is 1. The van der Waals surface area contributed by atoms with E-state index in [2.05, 4.69) is 5.32 Å². The Hall–Kier alpha value is -1.43. The fraction of sp³-hybridized carbons (Fsp3) is 0.417. The van der Waals surface area contributed by atoms with Crippen molar-refractivity contribution in [1.82, 2.24) is 0 Å². The van der Waals surface area contributed by atoms with Crippen molar-refractivity contribution in [3.05, 3.63) is 24.0 Å². The van der Waals surface area contributed by atoms with Gasteiger partial charge in [0.2, 0.25) is 5.91 Å². The molecular weight excluding hydrogens is 255 g/mol. The minimum Gasteiger partial charge on any atom is -0.397 e. The summed E-state index contributed by atoms with van der Waals surface area (Å²) < 4.78 is 24.5. The van der Waals surface area contributed by atoms with Gasteiger partial charge in [-0.05, 0) is 31.5 Å². The van der Waals surface area contributed by atoms with Crippen LogP contribution < -0.4 is 11.1 Å². The van der Waals surface area contributed by atoms with E-state index in [1.807, 2.05) is 6.92 Å². The third-order valence-electron chi connectivity index (χ3n) is 2.44. The Balaban J connectivity index is 2.72. The summed E-state index contributed by atoms with van der Waals surface area (Å²) in [5.74, 6) is -0.360. The Morgan fingerprint density at radius 3 is 2.78 bits per heavy atom. The van der Waals surface area contributed by atoms with Crippen LogP contribution in [-0.2, 0) is 15.6 Å². The van der Waals surface area contributed by atoms with Crippen LogP contribution in [0, 0.1) is 5.82 Å². The Bertz CT molecular complexity index is 465. The predicted octanol–water partition coefficient (Wildman–Crippen LogP) is 1.89. The molecule has 6 heteroatoms. The average molecular weight is 272 g/mol. The minimum atomic E-state index is -1.21. The molecule has 0 fully saturated rings. The Morgan fingerprint density at radius 1 is 1.56 bits per heavy atom. The normalized spacial score (nSPS) is 13.9. The van der Waals surface area contributed by atoms with Gasteiger partial charge in [-0.1, -0.05) is 6.92 Å². The van der Waals surface area contributed by atoms with Crippen molar-refractivity contribution in [1.29, 1.82) is 0 Å². The lowest BCUT2D eigenvalue weighted by Crippen LogP contribution is -2.30. The third-order valence-corrected chi connectivity index (χ3v) is 4.25. The van der Waals surface area contributed by atoms with Crippen LogP contribution >= 0.6 is 0 Å². The first-order valence-electron chi connectivity index (χ1n) is 5.68. The Kier molecular flexibility index (Phi) is 5.27. The lowest BCUT2D eigenvalue weighted by Gasteiger charge is -2.13. The van der Waals surface area contributed by atoms with E-state index in [-0.39, 0.29) is 11.6 Å². The Morgan fingerprint density at radius 2 is 2.22 bits per heavy atom. The average Bonchev–Trinajstić information content (AvgIpc) is 2.32. The standard InChI is InChI=1S/C12H17FN2O2S/c1-3-6-18(17)8(2)12(16)15-11-5-4-9(13)7-10(11)14/h4-5,7-8H,3,6,14H2,1-2H3,(H,15,16).